The zero-order valence-electron chi connectivity index (χ0n) is 8.65. The normalized spacial score (nSPS) is 29.1. The number of carbonyl (C=O) groups is 1. The van der Waals surface area contributed by atoms with Gasteiger partial charge in [-0.15, -0.1) is 11.6 Å². The average Bonchev–Trinajstić information content (AvgIpc) is 2.82. The van der Waals surface area contributed by atoms with Crippen LogP contribution in [0.15, 0.2) is 0 Å². The van der Waals surface area contributed by atoms with Gasteiger partial charge >= 0.3 is 0 Å². The first-order valence-electron chi connectivity index (χ1n) is 5.37. The molecule has 0 aromatic heterocycles. The molecule has 2 aliphatic heterocycles. The van der Waals surface area contributed by atoms with Crippen molar-refractivity contribution < 1.29 is 9.53 Å². The Balaban J connectivity index is 1.87. The predicted octanol–water partition coefficient (Wildman–Crippen LogP) is 1.21. The number of carbonyl (C=O) groups excluding carboxylic acids is 1. The van der Waals surface area contributed by atoms with Gasteiger partial charge in [0.2, 0.25) is 5.91 Å². The van der Waals surface area contributed by atoms with Crippen LogP contribution in [0.5, 0.6) is 0 Å². The SMILES string of the molecule is O=C(C(Cl)C1CCSC1)N1CCOCC1. The van der Waals surface area contributed by atoms with E-state index in [1.807, 2.05) is 16.7 Å². The Labute approximate surface area is 99.5 Å². The van der Waals surface area contributed by atoms with Crippen molar-refractivity contribution in [2.24, 2.45) is 5.92 Å². The lowest BCUT2D eigenvalue weighted by atomic mass is 10.0. The highest BCUT2D eigenvalue weighted by atomic mass is 35.5. The van der Waals surface area contributed by atoms with Crippen LogP contribution in [-0.4, -0.2) is 54.0 Å². The van der Waals surface area contributed by atoms with Crippen LogP contribution >= 0.6 is 23.4 Å². The topological polar surface area (TPSA) is 29.5 Å². The van der Waals surface area contributed by atoms with E-state index in [1.165, 1.54) is 0 Å². The average molecular weight is 250 g/mol. The summed E-state index contributed by atoms with van der Waals surface area (Å²) in [5.41, 5.74) is 0. The lowest BCUT2D eigenvalue weighted by molar-refractivity contribution is -0.135. The molecule has 3 nitrogen and oxygen atoms in total. The van der Waals surface area contributed by atoms with Gasteiger partial charge in [0.1, 0.15) is 5.38 Å². The van der Waals surface area contributed by atoms with E-state index in [-0.39, 0.29) is 11.3 Å². The molecule has 0 N–H and O–H groups in total. The maximum atomic E-state index is 12.0. The molecular formula is C10H16ClNO2S. The Morgan fingerprint density at radius 3 is 2.80 bits per heavy atom. The molecule has 1 amide bonds. The van der Waals surface area contributed by atoms with Gasteiger partial charge < -0.3 is 9.64 Å². The van der Waals surface area contributed by atoms with E-state index in [2.05, 4.69) is 0 Å². The highest BCUT2D eigenvalue weighted by Gasteiger charge is 2.32. The van der Waals surface area contributed by atoms with Crippen molar-refractivity contribution in [2.45, 2.75) is 11.8 Å². The highest BCUT2D eigenvalue weighted by molar-refractivity contribution is 7.99. The molecule has 2 heterocycles. The van der Waals surface area contributed by atoms with Gasteiger partial charge in [-0.25, -0.2) is 0 Å². The zero-order chi connectivity index (χ0) is 10.7. The molecular weight excluding hydrogens is 234 g/mol. The first-order chi connectivity index (χ1) is 7.29. The molecule has 15 heavy (non-hydrogen) atoms. The number of hydrogen-bond acceptors (Lipinski definition) is 3. The van der Waals surface area contributed by atoms with Gasteiger partial charge in [0, 0.05) is 13.1 Å². The maximum absolute atomic E-state index is 12.0. The number of nitrogens with zero attached hydrogens (tertiary/aromatic N) is 1. The minimum absolute atomic E-state index is 0.104. The van der Waals surface area contributed by atoms with Gasteiger partial charge in [-0.3, -0.25) is 4.79 Å². The Morgan fingerprint density at radius 2 is 2.20 bits per heavy atom. The maximum Gasteiger partial charge on any atom is 0.241 e. The summed E-state index contributed by atoms with van der Waals surface area (Å²) in [4.78, 5) is 13.9. The monoisotopic (exact) mass is 249 g/mol. The molecule has 0 saturated carbocycles. The Morgan fingerprint density at radius 1 is 1.47 bits per heavy atom. The van der Waals surface area contributed by atoms with E-state index < -0.39 is 0 Å². The molecule has 0 aromatic carbocycles. The molecule has 0 spiro atoms. The second-order valence-corrected chi connectivity index (χ2v) is 5.58. The fourth-order valence-corrected chi connectivity index (χ4v) is 3.70. The van der Waals surface area contributed by atoms with Crippen LogP contribution in [-0.2, 0) is 9.53 Å². The van der Waals surface area contributed by atoms with Crippen molar-refractivity contribution in [1.82, 2.24) is 4.90 Å². The van der Waals surface area contributed by atoms with Gasteiger partial charge in [-0.05, 0) is 23.8 Å². The van der Waals surface area contributed by atoms with Crippen LogP contribution in [0.1, 0.15) is 6.42 Å². The van der Waals surface area contributed by atoms with Gasteiger partial charge in [-0.2, -0.15) is 11.8 Å². The molecule has 2 aliphatic rings. The van der Waals surface area contributed by atoms with Gasteiger partial charge in [0.25, 0.3) is 0 Å². The number of rotatable bonds is 2. The zero-order valence-corrected chi connectivity index (χ0v) is 10.2. The lowest BCUT2D eigenvalue weighted by Gasteiger charge is -2.30. The fourth-order valence-electron chi connectivity index (χ4n) is 1.94. The van der Waals surface area contributed by atoms with Crippen molar-refractivity contribution in [3.63, 3.8) is 0 Å². The van der Waals surface area contributed by atoms with E-state index in [9.17, 15) is 4.79 Å². The van der Waals surface area contributed by atoms with E-state index in [4.69, 9.17) is 16.3 Å². The molecule has 2 saturated heterocycles. The number of morpholine rings is 1. The van der Waals surface area contributed by atoms with Gasteiger partial charge in [-0.1, -0.05) is 0 Å². The lowest BCUT2D eigenvalue weighted by Crippen LogP contribution is -2.46. The number of ether oxygens (including phenoxy) is 1. The molecule has 86 valence electrons. The van der Waals surface area contributed by atoms with Crippen LogP contribution in [0.4, 0.5) is 0 Å². The third kappa shape index (κ3) is 2.80. The number of amides is 1. The molecule has 2 rings (SSSR count). The number of halogens is 1. The second-order valence-electron chi connectivity index (χ2n) is 3.96. The van der Waals surface area contributed by atoms with Crippen molar-refractivity contribution in [2.75, 3.05) is 37.8 Å². The van der Waals surface area contributed by atoms with Crippen LogP contribution in [0, 0.1) is 5.92 Å². The standard InChI is InChI=1S/C10H16ClNO2S/c11-9(8-1-6-15-7-8)10(13)12-2-4-14-5-3-12/h8-9H,1-7H2. The summed E-state index contributed by atoms with van der Waals surface area (Å²) in [5.74, 6) is 2.65. The number of alkyl halides is 1. The van der Waals surface area contributed by atoms with E-state index in [0.29, 0.717) is 32.2 Å². The quantitative estimate of drug-likeness (QED) is 0.689. The number of hydrogen-bond donors (Lipinski definition) is 0. The molecule has 5 heteroatoms. The third-order valence-corrected chi connectivity index (χ3v) is 4.67. The smallest absolute Gasteiger partial charge is 0.241 e. The summed E-state index contributed by atoms with van der Waals surface area (Å²) in [6, 6.07) is 0. The minimum atomic E-state index is -0.321. The summed E-state index contributed by atoms with van der Waals surface area (Å²) in [6.45, 7) is 2.69. The Hall–Kier alpha value is 0.0700. The first-order valence-corrected chi connectivity index (χ1v) is 6.96. The fraction of sp³-hybridized carbons (Fsp3) is 0.900. The van der Waals surface area contributed by atoms with Crippen LogP contribution < -0.4 is 0 Å². The van der Waals surface area contributed by atoms with Crippen molar-refractivity contribution in [3.05, 3.63) is 0 Å². The highest BCUT2D eigenvalue weighted by Crippen LogP contribution is 2.30. The molecule has 0 radical (unpaired) electrons. The summed E-state index contributed by atoms with van der Waals surface area (Å²) >= 11 is 8.12. The molecule has 2 fully saturated rings. The van der Waals surface area contributed by atoms with Crippen LogP contribution in [0.2, 0.25) is 0 Å². The second kappa shape index (κ2) is 5.41. The minimum Gasteiger partial charge on any atom is -0.378 e. The molecule has 2 atom stereocenters. The van der Waals surface area contributed by atoms with Crippen molar-refractivity contribution in [3.8, 4) is 0 Å². The van der Waals surface area contributed by atoms with Gasteiger partial charge in [0.05, 0.1) is 13.2 Å². The Kier molecular flexibility index (Phi) is 4.17. The first kappa shape index (κ1) is 11.6. The molecule has 0 bridgehead atoms. The molecule has 0 aromatic rings. The predicted molar refractivity (Wildman–Crippen MR) is 62.5 cm³/mol. The van der Waals surface area contributed by atoms with E-state index in [0.717, 1.165) is 17.9 Å². The summed E-state index contributed by atoms with van der Waals surface area (Å²) in [6.07, 6.45) is 1.08. The van der Waals surface area contributed by atoms with Gasteiger partial charge in [0.15, 0.2) is 0 Å². The van der Waals surface area contributed by atoms with Crippen LogP contribution in [0.3, 0.4) is 0 Å². The summed E-state index contributed by atoms with van der Waals surface area (Å²) in [7, 11) is 0. The van der Waals surface area contributed by atoms with Crippen molar-refractivity contribution >= 4 is 29.3 Å². The van der Waals surface area contributed by atoms with Crippen molar-refractivity contribution in [1.29, 1.82) is 0 Å². The number of thioether (sulfide) groups is 1. The third-order valence-electron chi connectivity index (χ3n) is 2.94. The van der Waals surface area contributed by atoms with E-state index in [1.54, 1.807) is 0 Å². The Bertz CT molecular complexity index is 227. The van der Waals surface area contributed by atoms with E-state index >= 15 is 0 Å². The summed E-state index contributed by atoms with van der Waals surface area (Å²) < 4.78 is 5.21. The summed E-state index contributed by atoms with van der Waals surface area (Å²) in [5, 5.41) is -0.321. The molecule has 2 unspecified atom stereocenters. The van der Waals surface area contributed by atoms with Crippen LogP contribution in [0.25, 0.3) is 0 Å². The largest absolute Gasteiger partial charge is 0.378 e. The molecule has 0 aliphatic carbocycles.